The van der Waals surface area contributed by atoms with Crippen LogP contribution in [-0.4, -0.2) is 61.6 Å². The van der Waals surface area contributed by atoms with Crippen molar-refractivity contribution in [1.29, 1.82) is 0 Å². The third-order valence-electron chi connectivity index (χ3n) is 3.99. The van der Waals surface area contributed by atoms with Gasteiger partial charge in [-0.15, -0.1) is 0 Å². The second-order valence-corrected chi connectivity index (χ2v) is 5.12. The van der Waals surface area contributed by atoms with Gasteiger partial charge in [-0.2, -0.15) is 0 Å². The number of esters is 1. The lowest BCUT2D eigenvalue weighted by Gasteiger charge is -2.30. The molecule has 0 spiro atoms. The predicted molar refractivity (Wildman–Crippen MR) is 66.9 cm³/mol. The minimum atomic E-state index is -0.0545. The molecule has 98 valence electrons. The molecular formula is C13H24N2O2. The molecule has 0 amide bonds. The van der Waals surface area contributed by atoms with Crippen LogP contribution in [0.5, 0.6) is 0 Å². The van der Waals surface area contributed by atoms with E-state index in [2.05, 4.69) is 9.80 Å². The van der Waals surface area contributed by atoms with Crippen molar-refractivity contribution < 1.29 is 9.53 Å². The van der Waals surface area contributed by atoms with E-state index < -0.39 is 0 Å². The average Bonchev–Trinajstić information content (AvgIpc) is 2.85. The molecule has 0 bridgehead atoms. The van der Waals surface area contributed by atoms with Crippen LogP contribution in [0.4, 0.5) is 0 Å². The summed E-state index contributed by atoms with van der Waals surface area (Å²) in [5.41, 5.74) is 0. The Morgan fingerprint density at radius 1 is 1.12 bits per heavy atom. The fourth-order valence-electron chi connectivity index (χ4n) is 2.95. The van der Waals surface area contributed by atoms with E-state index in [0.29, 0.717) is 0 Å². The molecule has 0 N–H and O–H groups in total. The van der Waals surface area contributed by atoms with E-state index in [0.717, 1.165) is 32.5 Å². The van der Waals surface area contributed by atoms with Crippen LogP contribution < -0.4 is 0 Å². The topological polar surface area (TPSA) is 32.8 Å². The van der Waals surface area contributed by atoms with E-state index in [9.17, 15) is 4.79 Å². The van der Waals surface area contributed by atoms with E-state index in [-0.39, 0.29) is 12.0 Å². The van der Waals surface area contributed by atoms with Gasteiger partial charge in [0.05, 0.1) is 7.11 Å². The highest BCUT2D eigenvalue weighted by molar-refractivity contribution is 5.75. The van der Waals surface area contributed by atoms with Gasteiger partial charge in [-0.25, -0.2) is 0 Å². The number of hydrogen-bond donors (Lipinski definition) is 0. The molecule has 0 saturated carbocycles. The van der Waals surface area contributed by atoms with E-state index >= 15 is 0 Å². The first-order valence-electron chi connectivity index (χ1n) is 6.85. The lowest BCUT2D eigenvalue weighted by Crippen LogP contribution is -2.42. The van der Waals surface area contributed by atoms with Gasteiger partial charge in [-0.1, -0.05) is 6.42 Å². The molecule has 0 aromatic heterocycles. The van der Waals surface area contributed by atoms with Crippen LogP contribution in [0.2, 0.25) is 0 Å². The monoisotopic (exact) mass is 240 g/mol. The Bertz CT molecular complexity index is 252. The van der Waals surface area contributed by atoms with Crippen molar-refractivity contribution >= 4 is 5.97 Å². The molecule has 2 rings (SSSR count). The molecule has 2 fully saturated rings. The van der Waals surface area contributed by atoms with Gasteiger partial charge in [0.25, 0.3) is 0 Å². The molecule has 2 saturated heterocycles. The Balaban J connectivity index is 1.75. The van der Waals surface area contributed by atoms with Crippen molar-refractivity contribution in [2.45, 2.75) is 38.1 Å². The number of rotatable bonds is 4. The quantitative estimate of drug-likeness (QED) is 0.689. The zero-order valence-corrected chi connectivity index (χ0v) is 10.9. The van der Waals surface area contributed by atoms with E-state index in [1.54, 1.807) is 0 Å². The summed E-state index contributed by atoms with van der Waals surface area (Å²) in [7, 11) is 1.49. The van der Waals surface area contributed by atoms with Gasteiger partial charge in [-0.3, -0.25) is 9.69 Å². The molecular weight excluding hydrogens is 216 g/mol. The summed E-state index contributed by atoms with van der Waals surface area (Å²) in [4.78, 5) is 16.4. The van der Waals surface area contributed by atoms with Gasteiger partial charge < -0.3 is 9.64 Å². The second kappa shape index (κ2) is 6.36. The standard InChI is InChI=1S/C13H24N2O2/c1-17-13(16)12-6-5-9-15(12)11-10-14-7-3-2-4-8-14/h12H,2-11H2,1H3. The molecule has 2 aliphatic rings. The smallest absolute Gasteiger partial charge is 0.323 e. The molecule has 2 aliphatic heterocycles. The van der Waals surface area contributed by atoms with Gasteiger partial charge >= 0.3 is 5.97 Å². The maximum absolute atomic E-state index is 11.6. The number of piperidine rings is 1. The molecule has 0 aromatic carbocycles. The highest BCUT2D eigenvalue weighted by atomic mass is 16.5. The van der Waals surface area contributed by atoms with Crippen molar-refractivity contribution in [2.24, 2.45) is 0 Å². The molecule has 4 heteroatoms. The fourth-order valence-corrected chi connectivity index (χ4v) is 2.95. The Kier molecular flexibility index (Phi) is 4.80. The van der Waals surface area contributed by atoms with Crippen LogP contribution in [0, 0.1) is 0 Å². The van der Waals surface area contributed by atoms with Gasteiger partial charge in [0.2, 0.25) is 0 Å². The predicted octanol–water partition coefficient (Wildman–Crippen LogP) is 1.11. The summed E-state index contributed by atoms with van der Waals surface area (Å²) in [5.74, 6) is -0.0545. The number of ether oxygens (including phenoxy) is 1. The van der Waals surface area contributed by atoms with E-state index in [1.807, 2.05) is 0 Å². The summed E-state index contributed by atoms with van der Waals surface area (Å²) in [6.45, 7) is 5.63. The molecule has 2 heterocycles. The summed E-state index contributed by atoms with van der Waals surface area (Å²) < 4.78 is 4.86. The first-order valence-corrected chi connectivity index (χ1v) is 6.85. The van der Waals surface area contributed by atoms with Gasteiger partial charge in [0.1, 0.15) is 6.04 Å². The Morgan fingerprint density at radius 2 is 1.88 bits per heavy atom. The number of carbonyl (C=O) groups excluding carboxylic acids is 1. The van der Waals surface area contributed by atoms with Gasteiger partial charge in [0.15, 0.2) is 0 Å². The van der Waals surface area contributed by atoms with E-state index in [4.69, 9.17) is 4.74 Å². The first kappa shape index (κ1) is 12.8. The Morgan fingerprint density at radius 3 is 2.59 bits per heavy atom. The number of likely N-dealkylation sites (tertiary alicyclic amines) is 2. The van der Waals surface area contributed by atoms with Crippen LogP contribution in [0.3, 0.4) is 0 Å². The number of hydrogen-bond acceptors (Lipinski definition) is 4. The summed E-state index contributed by atoms with van der Waals surface area (Å²) in [6, 6.07) is 0.0183. The Labute approximate surface area is 104 Å². The van der Waals surface area contributed by atoms with Gasteiger partial charge in [0, 0.05) is 13.1 Å². The largest absolute Gasteiger partial charge is 0.468 e. The second-order valence-electron chi connectivity index (χ2n) is 5.12. The number of nitrogens with zero attached hydrogens (tertiary/aromatic N) is 2. The average molecular weight is 240 g/mol. The van der Waals surface area contributed by atoms with Crippen molar-refractivity contribution in [1.82, 2.24) is 9.80 Å². The lowest BCUT2D eigenvalue weighted by molar-refractivity contribution is -0.145. The van der Waals surface area contributed by atoms with Crippen LogP contribution in [0.15, 0.2) is 0 Å². The zero-order valence-electron chi connectivity index (χ0n) is 10.9. The number of methoxy groups -OCH3 is 1. The van der Waals surface area contributed by atoms with Crippen molar-refractivity contribution in [2.75, 3.05) is 39.8 Å². The molecule has 1 atom stereocenters. The maximum atomic E-state index is 11.6. The van der Waals surface area contributed by atoms with Crippen molar-refractivity contribution in [3.8, 4) is 0 Å². The molecule has 0 radical (unpaired) electrons. The third kappa shape index (κ3) is 3.42. The Hall–Kier alpha value is -0.610. The number of carbonyl (C=O) groups is 1. The molecule has 0 aliphatic carbocycles. The molecule has 4 nitrogen and oxygen atoms in total. The van der Waals surface area contributed by atoms with Gasteiger partial charge in [-0.05, 0) is 45.3 Å². The summed E-state index contributed by atoms with van der Waals surface area (Å²) in [6.07, 6.45) is 6.14. The minimum absolute atomic E-state index is 0.0183. The SMILES string of the molecule is COC(=O)C1CCCN1CCN1CCCCC1. The highest BCUT2D eigenvalue weighted by Gasteiger charge is 2.31. The zero-order chi connectivity index (χ0) is 12.1. The minimum Gasteiger partial charge on any atom is -0.468 e. The summed E-state index contributed by atoms with van der Waals surface area (Å²) in [5, 5.41) is 0. The third-order valence-corrected chi connectivity index (χ3v) is 3.99. The van der Waals surface area contributed by atoms with Crippen LogP contribution in [0.25, 0.3) is 0 Å². The first-order chi connectivity index (χ1) is 8.31. The molecule has 1 unspecified atom stereocenters. The maximum Gasteiger partial charge on any atom is 0.323 e. The normalized spacial score (nSPS) is 27.2. The summed E-state index contributed by atoms with van der Waals surface area (Å²) >= 11 is 0. The lowest BCUT2D eigenvalue weighted by atomic mass is 10.1. The van der Waals surface area contributed by atoms with E-state index in [1.165, 1.54) is 39.5 Å². The highest BCUT2D eigenvalue weighted by Crippen LogP contribution is 2.18. The van der Waals surface area contributed by atoms with Crippen molar-refractivity contribution in [3.05, 3.63) is 0 Å². The van der Waals surface area contributed by atoms with Crippen LogP contribution in [0.1, 0.15) is 32.1 Å². The van der Waals surface area contributed by atoms with Crippen LogP contribution >= 0.6 is 0 Å². The molecule has 0 aromatic rings. The fraction of sp³-hybridized carbons (Fsp3) is 0.923. The van der Waals surface area contributed by atoms with Crippen molar-refractivity contribution in [3.63, 3.8) is 0 Å². The molecule has 17 heavy (non-hydrogen) atoms. The van der Waals surface area contributed by atoms with Crippen LogP contribution in [-0.2, 0) is 9.53 Å².